The summed E-state index contributed by atoms with van der Waals surface area (Å²) < 4.78 is 5.44. The Morgan fingerprint density at radius 2 is 1.81 bits per heavy atom. The largest absolute Gasteiger partial charge is 0.464 e. The van der Waals surface area contributed by atoms with E-state index in [4.69, 9.17) is 4.42 Å². The van der Waals surface area contributed by atoms with Crippen molar-refractivity contribution in [2.24, 2.45) is 0 Å². The number of benzene rings is 1. The summed E-state index contributed by atoms with van der Waals surface area (Å²) in [4.78, 5) is 24.8. The molecule has 1 heterocycles. The van der Waals surface area contributed by atoms with E-state index in [1.54, 1.807) is 31.3 Å². The van der Waals surface area contributed by atoms with E-state index in [1.807, 2.05) is 19.1 Å². The Hall–Kier alpha value is -2.56. The third kappa shape index (κ3) is 3.95. The second kappa shape index (κ2) is 6.26. The molecule has 21 heavy (non-hydrogen) atoms. The quantitative estimate of drug-likeness (QED) is 0.875. The fraction of sp³-hybridized carbons (Fsp3) is 0.250. The number of carbonyl (C=O) groups is 2. The van der Waals surface area contributed by atoms with Crippen molar-refractivity contribution in [2.45, 2.75) is 20.4 Å². The van der Waals surface area contributed by atoms with Crippen LogP contribution in [0.5, 0.6) is 0 Å². The summed E-state index contributed by atoms with van der Waals surface area (Å²) in [6, 6.07) is 10.3. The van der Waals surface area contributed by atoms with Crippen LogP contribution in [0, 0.1) is 6.92 Å². The summed E-state index contributed by atoms with van der Waals surface area (Å²) in [5, 5.41) is 2.77. The SMILES string of the molecule is CC(=O)c1ccc(NC(=O)N(C)Cc2ccc(C)o2)cc1. The van der Waals surface area contributed by atoms with Gasteiger partial charge < -0.3 is 14.6 Å². The zero-order valence-electron chi connectivity index (χ0n) is 12.3. The minimum Gasteiger partial charge on any atom is -0.464 e. The minimum absolute atomic E-state index is 0.00168. The Balaban J connectivity index is 1.95. The molecule has 1 aromatic heterocycles. The lowest BCUT2D eigenvalue weighted by molar-refractivity contribution is 0.101. The van der Waals surface area contributed by atoms with Crippen molar-refractivity contribution in [1.82, 2.24) is 4.90 Å². The number of urea groups is 1. The summed E-state index contributed by atoms with van der Waals surface area (Å²) >= 11 is 0. The Kier molecular flexibility index (Phi) is 4.42. The average molecular weight is 286 g/mol. The summed E-state index contributed by atoms with van der Waals surface area (Å²) in [5.74, 6) is 1.55. The first-order valence-electron chi connectivity index (χ1n) is 6.64. The molecule has 0 fully saturated rings. The molecule has 0 aliphatic heterocycles. The van der Waals surface area contributed by atoms with Gasteiger partial charge in [0.15, 0.2) is 5.78 Å². The monoisotopic (exact) mass is 286 g/mol. The molecule has 1 N–H and O–H groups in total. The van der Waals surface area contributed by atoms with Crippen LogP contribution in [-0.4, -0.2) is 23.8 Å². The standard InChI is InChI=1S/C16H18N2O3/c1-11-4-9-15(21-11)10-18(3)16(20)17-14-7-5-13(6-8-14)12(2)19/h4-9H,10H2,1-3H3,(H,17,20). The van der Waals surface area contributed by atoms with E-state index < -0.39 is 0 Å². The molecule has 0 saturated heterocycles. The average Bonchev–Trinajstić information content (AvgIpc) is 2.84. The number of hydrogen-bond donors (Lipinski definition) is 1. The molecule has 5 heteroatoms. The lowest BCUT2D eigenvalue weighted by Crippen LogP contribution is -2.30. The predicted octanol–water partition coefficient (Wildman–Crippen LogP) is 3.45. The number of aryl methyl sites for hydroxylation is 1. The highest BCUT2D eigenvalue weighted by Gasteiger charge is 2.11. The first kappa shape index (κ1) is 14.8. The van der Waals surface area contributed by atoms with Gasteiger partial charge in [-0.15, -0.1) is 0 Å². The summed E-state index contributed by atoms with van der Waals surface area (Å²) in [6.45, 7) is 3.76. The second-order valence-electron chi connectivity index (χ2n) is 4.93. The lowest BCUT2D eigenvalue weighted by Gasteiger charge is -2.16. The Morgan fingerprint density at radius 3 is 2.33 bits per heavy atom. The lowest BCUT2D eigenvalue weighted by atomic mass is 10.1. The number of furan rings is 1. The number of rotatable bonds is 4. The van der Waals surface area contributed by atoms with Crippen LogP contribution in [0.15, 0.2) is 40.8 Å². The molecule has 0 saturated carbocycles. The van der Waals surface area contributed by atoms with Gasteiger partial charge in [-0.25, -0.2) is 4.79 Å². The van der Waals surface area contributed by atoms with E-state index in [0.29, 0.717) is 17.8 Å². The van der Waals surface area contributed by atoms with E-state index in [1.165, 1.54) is 11.8 Å². The van der Waals surface area contributed by atoms with Gasteiger partial charge in [-0.2, -0.15) is 0 Å². The number of carbonyl (C=O) groups excluding carboxylic acids is 2. The molecule has 0 aliphatic carbocycles. The number of nitrogens with one attached hydrogen (secondary N) is 1. The molecule has 2 amide bonds. The van der Waals surface area contributed by atoms with Crippen molar-refractivity contribution in [2.75, 3.05) is 12.4 Å². The van der Waals surface area contributed by atoms with Crippen LogP contribution in [0.1, 0.15) is 28.8 Å². The highest BCUT2D eigenvalue weighted by molar-refractivity contribution is 5.95. The van der Waals surface area contributed by atoms with Gasteiger partial charge in [0.25, 0.3) is 0 Å². The molecule has 0 atom stereocenters. The molecule has 0 unspecified atom stereocenters. The first-order valence-corrected chi connectivity index (χ1v) is 6.64. The van der Waals surface area contributed by atoms with Crippen molar-refractivity contribution in [3.8, 4) is 0 Å². The van der Waals surface area contributed by atoms with Crippen LogP contribution in [0.2, 0.25) is 0 Å². The van der Waals surface area contributed by atoms with Crippen molar-refractivity contribution in [1.29, 1.82) is 0 Å². The van der Waals surface area contributed by atoms with Gasteiger partial charge in [0.1, 0.15) is 11.5 Å². The van der Waals surface area contributed by atoms with Gasteiger partial charge >= 0.3 is 6.03 Å². The number of nitrogens with zero attached hydrogens (tertiary/aromatic N) is 1. The number of Topliss-reactive ketones (excluding diaryl/α,β-unsaturated/α-hetero) is 1. The fourth-order valence-corrected chi connectivity index (χ4v) is 1.88. The zero-order chi connectivity index (χ0) is 15.4. The number of hydrogen-bond acceptors (Lipinski definition) is 3. The van der Waals surface area contributed by atoms with Gasteiger partial charge in [-0.05, 0) is 50.2 Å². The molecule has 5 nitrogen and oxygen atoms in total. The summed E-state index contributed by atoms with van der Waals surface area (Å²) in [7, 11) is 1.69. The van der Waals surface area contributed by atoms with E-state index in [-0.39, 0.29) is 11.8 Å². The maximum absolute atomic E-state index is 12.0. The van der Waals surface area contributed by atoms with Crippen LogP contribution in [0.25, 0.3) is 0 Å². The number of amides is 2. The molecule has 1 aromatic carbocycles. The molecule has 0 bridgehead atoms. The van der Waals surface area contributed by atoms with E-state index in [0.717, 1.165) is 11.5 Å². The molecule has 2 rings (SSSR count). The van der Waals surface area contributed by atoms with Crippen molar-refractivity contribution in [3.05, 3.63) is 53.5 Å². The van der Waals surface area contributed by atoms with Gasteiger partial charge in [-0.1, -0.05) is 0 Å². The Morgan fingerprint density at radius 1 is 1.14 bits per heavy atom. The maximum Gasteiger partial charge on any atom is 0.321 e. The van der Waals surface area contributed by atoms with Gasteiger partial charge in [0, 0.05) is 18.3 Å². The Labute approximate surface area is 123 Å². The van der Waals surface area contributed by atoms with E-state index in [2.05, 4.69) is 5.32 Å². The van der Waals surface area contributed by atoms with E-state index >= 15 is 0 Å². The summed E-state index contributed by atoms with van der Waals surface area (Å²) in [6.07, 6.45) is 0. The normalized spacial score (nSPS) is 10.2. The van der Waals surface area contributed by atoms with Gasteiger partial charge in [-0.3, -0.25) is 4.79 Å². The van der Waals surface area contributed by atoms with Crippen molar-refractivity contribution in [3.63, 3.8) is 0 Å². The van der Waals surface area contributed by atoms with Crippen LogP contribution >= 0.6 is 0 Å². The predicted molar refractivity (Wildman–Crippen MR) is 80.4 cm³/mol. The van der Waals surface area contributed by atoms with Crippen LogP contribution < -0.4 is 5.32 Å². The zero-order valence-corrected chi connectivity index (χ0v) is 12.3. The molecular formula is C16H18N2O3. The van der Waals surface area contributed by atoms with Crippen LogP contribution in [0.4, 0.5) is 10.5 Å². The van der Waals surface area contributed by atoms with Gasteiger partial charge in [0.2, 0.25) is 0 Å². The summed E-state index contributed by atoms with van der Waals surface area (Å²) in [5.41, 5.74) is 1.26. The topological polar surface area (TPSA) is 62.6 Å². The van der Waals surface area contributed by atoms with Gasteiger partial charge in [0.05, 0.1) is 6.54 Å². The highest BCUT2D eigenvalue weighted by Crippen LogP contribution is 2.12. The Bertz CT molecular complexity index is 644. The third-order valence-electron chi connectivity index (χ3n) is 3.08. The van der Waals surface area contributed by atoms with Crippen LogP contribution in [-0.2, 0) is 6.54 Å². The second-order valence-corrected chi connectivity index (χ2v) is 4.93. The highest BCUT2D eigenvalue weighted by atomic mass is 16.3. The number of anilines is 1. The molecule has 0 aliphatic rings. The maximum atomic E-state index is 12.0. The molecule has 0 spiro atoms. The van der Waals surface area contributed by atoms with Crippen molar-refractivity contribution < 1.29 is 14.0 Å². The number of ketones is 1. The first-order chi connectivity index (χ1) is 9.95. The smallest absolute Gasteiger partial charge is 0.321 e. The minimum atomic E-state index is -0.236. The molecule has 2 aromatic rings. The fourth-order valence-electron chi connectivity index (χ4n) is 1.88. The third-order valence-corrected chi connectivity index (χ3v) is 3.08. The van der Waals surface area contributed by atoms with E-state index in [9.17, 15) is 9.59 Å². The van der Waals surface area contributed by atoms with Crippen LogP contribution in [0.3, 0.4) is 0 Å². The van der Waals surface area contributed by atoms with Crippen molar-refractivity contribution >= 4 is 17.5 Å². The molecule has 0 radical (unpaired) electrons. The molecule has 110 valence electrons. The molecular weight excluding hydrogens is 268 g/mol.